The third kappa shape index (κ3) is 2.79. The van der Waals surface area contributed by atoms with Crippen LogP contribution >= 0.6 is 0 Å². The minimum absolute atomic E-state index is 0.0906. The van der Waals surface area contributed by atoms with Gasteiger partial charge in [0.25, 0.3) is 5.91 Å². The van der Waals surface area contributed by atoms with Crippen LogP contribution in [0.1, 0.15) is 28.9 Å². The van der Waals surface area contributed by atoms with E-state index in [-0.39, 0.29) is 5.91 Å². The summed E-state index contributed by atoms with van der Waals surface area (Å²) in [4.78, 5) is 28.0. The van der Waals surface area contributed by atoms with E-state index >= 15 is 0 Å². The van der Waals surface area contributed by atoms with Crippen molar-refractivity contribution in [3.8, 4) is 0 Å². The number of fused-ring (bicyclic) bond motifs is 4. The lowest BCUT2D eigenvalue weighted by molar-refractivity contribution is 0.0585. The molecule has 2 bridgehead atoms. The maximum absolute atomic E-state index is 13.0. The van der Waals surface area contributed by atoms with Crippen molar-refractivity contribution in [2.45, 2.75) is 25.8 Å². The van der Waals surface area contributed by atoms with Gasteiger partial charge in [-0.25, -0.2) is 9.97 Å². The highest BCUT2D eigenvalue weighted by Gasteiger charge is 2.37. The lowest BCUT2D eigenvalue weighted by Crippen LogP contribution is -2.47. The van der Waals surface area contributed by atoms with Gasteiger partial charge in [-0.15, -0.1) is 0 Å². The molecule has 6 nitrogen and oxygen atoms in total. The Balaban J connectivity index is 1.85. The molecule has 0 saturated carbocycles. The highest BCUT2D eigenvalue weighted by molar-refractivity contribution is 5.95. The molecule has 1 amide bonds. The van der Waals surface area contributed by atoms with Gasteiger partial charge in [-0.05, 0) is 32.7 Å². The number of hydrogen-bond donors (Lipinski definition) is 0. The zero-order valence-electron chi connectivity index (χ0n) is 13.9. The number of rotatable bonds is 2. The van der Waals surface area contributed by atoms with Gasteiger partial charge in [0, 0.05) is 46.0 Å². The summed E-state index contributed by atoms with van der Waals surface area (Å²) < 4.78 is 0. The van der Waals surface area contributed by atoms with Crippen molar-refractivity contribution in [2.75, 3.05) is 45.7 Å². The molecule has 3 saturated heterocycles. The molecule has 4 heterocycles. The second-order valence-corrected chi connectivity index (χ2v) is 6.84. The summed E-state index contributed by atoms with van der Waals surface area (Å²) in [5.41, 5.74) is 1.40. The summed E-state index contributed by atoms with van der Waals surface area (Å²) in [5.74, 6) is 1.33. The zero-order chi connectivity index (χ0) is 15.9. The van der Waals surface area contributed by atoms with Gasteiger partial charge >= 0.3 is 0 Å². The molecule has 22 heavy (non-hydrogen) atoms. The van der Waals surface area contributed by atoms with E-state index in [1.165, 1.54) is 6.42 Å². The van der Waals surface area contributed by atoms with Crippen molar-refractivity contribution in [3.05, 3.63) is 17.5 Å². The van der Waals surface area contributed by atoms with Crippen LogP contribution in [-0.4, -0.2) is 72.5 Å². The van der Waals surface area contributed by atoms with Gasteiger partial charge < -0.3 is 14.7 Å². The molecular formula is C16H25N5O. The number of amides is 1. The van der Waals surface area contributed by atoms with E-state index in [0.29, 0.717) is 23.5 Å². The average molecular weight is 303 g/mol. The molecule has 0 radical (unpaired) electrons. The Morgan fingerprint density at radius 3 is 2.73 bits per heavy atom. The van der Waals surface area contributed by atoms with Gasteiger partial charge in [0.2, 0.25) is 5.95 Å². The minimum atomic E-state index is 0.0906. The van der Waals surface area contributed by atoms with Crippen molar-refractivity contribution >= 4 is 11.9 Å². The summed E-state index contributed by atoms with van der Waals surface area (Å²) >= 11 is 0. The first-order valence-corrected chi connectivity index (χ1v) is 7.96. The molecule has 1 aromatic rings. The predicted molar refractivity (Wildman–Crippen MR) is 86.1 cm³/mol. The highest BCUT2D eigenvalue weighted by Crippen LogP contribution is 2.29. The molecule has 4 rings (SSSR count). The molecule has 6 heteroatoms. The van der Waals surface area contributed by atoms with E-state index in [4.69, 9.17) is 0 Å². The second-order valence-electron chi connectivity index (χ2n) is 6.84. The lowest BCUT2D eigenvalue weighted by Gasteiger charge is -2.36. The van der Waals surface area contributed by atoms with Gasteiger partial charge in [-0.1, -0.05) is 0 Å². The Labute approximate surface area is 132 Å². The Morgan fingerprint density at radius 2 is 2.05 bits per heavy atom. The van der Waals surface area contributed by atoms with Crippen LogP contribution in [0, 0.1) is 12.8 Å². The SMILES string of the molecule is Cc1nc(N(C)C)ncc1C(=O)N1CC2CCC1CN(C)C2. The molecule has 3 aliphatic heterocycles. The smallest absolute Gasteiger partial charge is 0.257 e. The summed E-state index contributed by atoms with van der Waals surface area (Å²) in [7, 11) is 5.96. The quantitative estimate of drug-likeness (QED) is 0.816. The summed E-state index contributed by atoms with van der Waals surface area (Å²) in [6.07, 6.45) is 4.02. The van der Waals surface area contributed by atoms with Crippen LogP contribution in [0.15, 0.2) is 6.20 Å². The van der Waals surface area contributed by atoms with Gasteiger partial charge in [-0.2, -0.15) is 0 Å². The molecular weight excluding hydrogens is 278 g/mol. The van der Waals surface area contributed by atoms with Crippen LogP contribution in [0.3, 0.4) is 0 Å². The number of carbonyl (C=O) groups is 1. The molecule has 1 aromatic heterocycles. The fourth-order valence-corrected chi connectivity index (χ4v) is 3.60. The third-order valence-electron chi connectivity index (χ3n) is 4.75. The molecule has 3 aliphatic rings. The Bertz CT molecular complexity index is 574. The van der Waals surface area contributed by atoms with E-state index in [9.17, 15) is 4.79 Å². The number of piperidine rings is 1. The maximum Gasteiger partial charge on any atom is 0.257 e. The number of likely N-dealkylation sites (N-methyl/N-ethyl adjacent to an activating group) is 1. The molecule has 3 fully saturated rings. The standard InChI is InChI=1S/C16H25N5O/c1-11-14(7-17-16(18-11)19(2)3)15(22)21-9-12-5-6-13(21)10-20(4)8-12/h7,12-13H,5-6,8-10H2,1-4H3. The van der Waals surface area contributed by atoms with Crippen molar-refractivity contribution in [2.24, 2.45) is 5.92 Å². The minimum Gasteiger partial charge on any atom is -0.347 e. The van der Waals surface area contributed by atoms with Crippen molar-refractivity contribution < 1.29 is 4.79 Å². The number of anilines is 1. The van der Waals surface area contributed by atoms with E-state index in [0.717, 1.165) is 31.7 Å². The predicted octanol–water partition coefficient (Wildman–Crippen LogP) is 1.02. The van der Waals surface area contributed by atoms with Crippen molar-refractivity contribution in [1.29, 1.82) is 0 Å². The molecule has 0 spiro atoms. The van der Waals surface area contributed by atoms with E-state index < -0.39 is 0 Å². The maximum atomic E-state index is 13.0. The molecule has 2 unspecified atom stereocenters. The number of aromatic nitrogens is 2. The largest absolute Gasteiger partial charge is 0.347 e. The summed E-state index contributed by atoms with van der Waals surface area (Å²) in [6.45, 7) is 4.82. The molecule has 0 aromatic carbocycles. The monoisotopic (exact) mass is 303 g/mol. The lowest BCUT2D eigenvalue weighted by atomic mass is 9.94. The number of nitrogens with zero attached hydrogens (tertiary/aromatic N) is 5. The van der Waals surface area contributed by atoms with Crippen LogP contribution in [0.4, 0.5) is 5.95 Å². The normalized spacial score (nSPS) is 25.2. The van der Waals surface area contributed by atoms with Gasteiger partial charge in [0.1, 0.15) is 0 Å². The Kier molecular flexibility index (Phi) is 4.04. The topological polar surface area (TPSA) is 52.6 Å². The van der Waals surface area contributed by atoms with Crippen molar-refractivity contribution in [1.82, 2.24) is 19.8 Å². The fourth-order valence-electron chi connectivity index (χ4n) is 3.60. The van der Waals surface area contributed by atoms with Crippen LogP contribution in [0.25, 0.3) is 0 Å². The van der Waals surface area contributed by atoms with Crippen LogP contribution < -0.4 is 4.90 Å². The molecule has 120 valence electrons. The second kappa shape index (κ2) is 5.83. The molecule has 0 N–H and O–H groups in total. The van der Waals surface area contributed by atoms with Crippen LogP contribution in [0.5, 0.6) is 0 Å². The number of carbonyl (C=O) groups excluding carboxylic acids is 1. The van der Waals surface area contributed by atoms with Crippen LogP contribution in [-0.2, 0) is 0 Å². The third-order valence-corrected chi connectivity index (χ3v) is 4.75. The van der Waals surface area contributed by atoms with E-state index in [1.807, 2.05) is 25.9 Å². The molecule has 2 atom stereocenters. The van der Waals surface area contributed by atoms with Crippen LogP contribution in [0.2, 0.25) is 0 Å². The zero-order valence-corrected chi connectivity index (χ0v) is 13.9. The fraction of sp³-hybridized carbons (Fsp3) is 0.688. The van der Waals surface area contributed by atoms with Crippen molar-refractivity contribution in [3.63, 3.8) is 0 Å². The number of aryl methyl sites for hydroxylation is 1. The Morgan fingerprint density at radius 1 is 1.27 bits per heavy atom. The van der Waals surface area contributed by atoms with E-state index in [2.05, 4.69) is 26.8 Å². The average Bonchev–Trinajstić information content (AvgIpc) is 2.75. The summed E-state index contributed by atoms with van der Waals surface area (Å²) in [5, 5.41) is 0. The Hall–Kier alpha value is -1.69. The van der Waals surface area contributed by atoms with Gasteiger partial charge in [0.15, 0.2) is 0 Å². The number of hydrogen-bond acceptors (Lipinski definition) is 5. The van der Waals surface area contributed by atoms with Gasteiger partial charge in [-0.3, -0.25) is 4.79 Å². The molecule has 0 aliphatic carbocycles. The first kappa shape index (κ1) is 15.2. The van der Waals surface area contributed by atoms with Gasteiger partial charge in [0.05, 0.1) is 11.3 Å². The van der Waals surface area contributed by atoms with E-state index in [1.54, 1.807) is 6.20 Å². The summed E-state index contributed by atoms with van der Waals surface area (Å²) in [6, 6.07) is 0.323. The first-order valence-electron chi connectivity index (χ1n) is 7.96. The first-order chi connectivity index (χ1) is 10.5. The highest BCUT2D eigenvalue weighted by atomic mass is 16.2.